The van der Waals surface area contributed by atoms with E-state index in [-0.39, 0.29) is 25.2 Å². The minimum Gasteiger partial charge on any atom is -0.497 e. The molecule has 0 spiro atoms. The second-order valence-electron chi connectivity index (χ2n) is 7.11. The van der Waals surface area contributed by atoms with Crippen molar-refractivity contribution >= 4 is 11.7 Å². The number of carbonyl (C=O) groups is 1. The fourth-order valence-electron chi connectivity index (χ4n) is 3.23. The number of carbonyl (C=O) groups excluding carboxylic acids is 1. The number of benzene rings is 2. The van der Waals surface area contributed by atoms with Crippen LogP contribution in [-0.2, 0) is 17.6 Å². The fourth-order valence-corrected chi connectivity index (χ4v) is 3.23. The Labute approximate surface area is 178 Å². The molecule has 0 aromatic heterocycles. The highest BCUT2D eigenvalue weighted by Gasteiger charge is 2.30. The maximum absolute atomic E-state index is 12.8. The number of rotatable bonds is 7. The first-order chi connectivity index (χ1) is 14.8. The van der Waals surface area contributed by atoms with Crippen LogP contribution in [0.5, 0.6) is 5.75 Å². The lowest BCUT2D eigenvalue weighted by molar-refractivity contribution is -0.137. The monoisotopic (exact) mass is 435 g/mol. The van der Waals surface area contributed by atoms with Crippen LogP contribution in [0.25, 0.3) is 0 Å². The number of urea groups is 1. The predicted octanol–water partition coefficient (Wildman–Crippen LogP) is 4.44. The highest BCUT2D eigenvalue weighted by Crippen LogP contribution is 2.29. The first-order valence-electron chi connectivity index (χ1n) is 9.86. The van der Waals surface area contributed by atoms with E-state index >= 15 is 0 Å². The van der Waals surface area contributed by atoms with Gasteiger partial charge in [0, 0.05) is 19.5 Å². The molecule has 3 rings (SSSR count). The number of amides is 2. The van der Waals surface area contributed by atoms with Gasteiger partial charge in [-0.2, -0.15) is 13.2 Å². The first-order valence-corrected chi connectivity index (χ1v) is 9.86. The van der Waals surface area contributed by atoms with Crippen molar-refractivity contribution in [3.05, 3.63) is 65.2 Å². The van der Waals surface area contributed by atoms with Gasteiger partial charge in [-0.05, 0) is 54.4 Å². The zero-order valence-corrected chi connectivity index (χ0v) is 17.3. The smallest absolute Gasteiger partial charge is 0.416 e. The SMILES string of the molecule is CCNC(=O)N(Cc1ccc(C(F)(F)F)cc1)CC1CC(c2ccc(OC)cc2)=NO1. The molecule has 0 radical (unpaired) electrons. The van der Waals surface area contributed by atoms with Gasteiger partial charge in [0.25, 0.3) is 0 Å². The van der Waals surface area contributed by atoms with Gasteiger partial charge in [-0.1, -0.05) is 17.3 Å². The van der Waals surface area contributed by atoms with Crippen molar-refractivity contribution < 1.29 is 27.5 Å². The van der Waals surface area contributed by atoms with Crippen LogP contribution in [0.2, 0.25) is 0 Å². The van der Waals surface area contributed by atoms with E-state index in [1.54, 1.807) is 14.0 Å². The summed E-state index contributed by atoms with van der Waals surface area (Å²) in [4.78, 5) is 19.6. The van der Waals surface area contributed by atoms with Gasteiger partial charge in [-0.3, -0.25) is 0 Å². The van der Waals surface area contributed by atoms with Crippen LogP contribution >= 0.6 is 0 Å². The largest absolute Gasteiger partial charge is 0.497 e. The number of methoxy groups -OCH3 is 1. The van der Waals surface area contributed by atoms with Crippen LogP contribution in [0.4, 0.5) is 18.0 Å². The Morgan fingerprint density at radius 3 is 2.45 bits per heavy atom. The van der Waals surface area contributed by atoms with Crippen LogP contribution in [0.15, 0.2) is 53.7 Å². The Hall–Kier alpha value is -3.23. The third-order valence-electron chi connectivity index (χ3n) is 4.85. The van der Waals surface area contributed by atoms with Crippen molar-refractivity contribution in [2.75, 3.05) is 20.2 Å². The highest BCUT2D eigenvalue weighted by atomic mass is 19.4. The molecule has 2 aromatic carbocycles. The Bertz CT molecular complexity index is 912. The minimum atomic E-state index is -4.40. The van der Waals surface area contributed by atoms with E-state index in [2.05, 4.69) is 10.5 Å². The van der Waals surface area contributed by atoms with Crippen LogP contribution < -0.4 is 10.1 Å². The van der Waals surface area contributed by atoms with Crippen molar-refractivity contribution in [1.82, 2.24) is 10.2 Å². The van der Waals surface area contributed by atoms with Crippen LogP contribution in [0.1, 0.15) is 30.0 Å². The maximum Gasteiger partial charge on any atom is 0.416 e. The van der Waals surface area contributed by atoms with E-state index in [0.717, 1.165) is 29.2 Å². The molecule has 2 aromatic rings. The Morgan fingerprint density at radius 1 is 1.19 bits per heavy atom. The highest BCUT2D eigenvalue weighted by molar-refractivity contribution is 6.01. The molecule has 1 aliphatic rings. The summed E-state index contributed by atoms with van der Waals surface area (Å²) in [5.41, 5.74) is 1.53. The zero-order valence-electron chi connectivity index (χ0n) is 17.3. The van der Waals surface area contributed by atoms with Crippen LogP contribution in [-0.4, -0.2) is 42.9 Å². The number of halogens is 3. The van der Waals surface area contributed by atoms with Gasteiger partial charge in [0.1, 0.15) is 5.75 Å². The molecule has 1 unspecified atom stereocenters. The zero-order chi connectivity index (χ0) is 22.4. The molecular weight excluding hydrogens is 411 g/mol. The van der Waals surface area contributed by atoms with Crippen molar-refractivity contribution in [2.24, 2.45) is 5.16 Å². The molecule has 1 aliphatic heterocycles. The van der Waals surface area contributed by atoms with E-state index in [1.165, 1.54) is 17.0 Å². The van der Waals surface area contributed by atoms with Gasteiger partial charge in [-0.15, -0.1) is 0 Å². The van der Waals surface area contributed by atoms with E-state index in [1.807, 2.05) is 24.3 Å². The standard InChI is InChI=1S/C22H24F3N3O3/c1-3-26-21(29)28(13-15-4-8-17(9-5-15)22(23,24)25)14-19-12-20(27-31-19)16-6-10-18(30-2)11-7-16/h4-11,19H,3,12-14H2,1-2H3,(H,26,29). The van der Waals surface area contributed by atoms with Crippen molar-refractivity contribution in [3.63, 3.8) is 0 Å². The fraction of sp³-hybridized carbons (Fsp3) is 0.364. The molecule has 9 heteroatoms. The van der Waals surface area contributed by atoms with Gasteiger partial charge in [0.2, 0.25) is 0 Å². The summed E-state index contributed by atoms with van der Waals surface area (Å²) in [6.07, 6.45) is -4.24. The van der Waals surface area contributed by atoms with E-state index in [9.17, 15) is 18.0 Å². The predicted molar refractivity (Wildman–Crippen MR) is 110 cm³/mol. The van der Waals surface area contributed by atoms with Crippen molar-refractivity contribution in [3.8, 4) is 5.75 Å². The second kappa shape index (κ2) is 9.72. The van der Waals surface area contributed by atoms with Gasteiger partial charge in [0.05, 0.1) is 24.9 Å². The molecule has 1 atom stereocenters. The molecule has 0 aliphatic carbocycles. The van der Waals surface area contributed by atoms with Crippen LogP contribution in [0.3, 0.4) is 0 Å². The lowest BCUT2D eigenvalue weighted by Gasteiger charge is -2.25. The Balaban J connectivity index is 1.65. The number of hydrogen-bond donors (Lipinski definition) is 1. The number of nitrogens with zero attached hydrogens (tertiary/aromatic N) is 2. The van der Waals surface area contributed by atoms with Crippen molar-refractivity contribution in [2.45, 2.75) is 32.2 Å². The summed E-state index contributed by atoms with van der Waals surface area (Å²) in [5, 5.41) is 6.87. The number of oxime groups is 1. The van der Waals surface area contributed by atoms with Crippen molar-refractivity contribution in [1.29, 1.82) is 0 Å². The van der Waals surface area contributed by atoms with E-state index in [4.69, 9.17) is 9.57 Å². The molecular formula is C22H24F3N3O3. The second-order valence-corrected chi connectivity index (χ2v) is 7.11. The number of nitrogens with one attached hydrogen (secondary N) is 1. The summed E-state index contributed by atoms with van der Waals surface area (Å²) in [7, 11) is 1.59. The molecule has 6 nitrogen and oxygen atoms in total. The molecule has 1 N–H and O–H groups in total. The summed E-state index contributed by atoms with van der Waals surface area (Å²) in [5.74, 6) is 0.735. The number of hydrogen-bond acceptors (Lipinski definition) is 4. The molecule has 0 saturated heterocycles. The van der Waals surface area contributed by atoms with Gasteiger partial charge >= 0.3 is 12.2 Å². The average Bonchev–Trinajstić information content (AvgIpc) is 3.22. The van der Waals surface area contributed by atoms with Gasteiger partial charge < -0.3 is 19.8 Å². The number of ether oxygens (including phenoxy) is 1. The third-order valence-corrected chi connectivity index (χ3v) is 4.85. The molecule has 1 heterocycles. The Morgan fingerprint density at radius 2 is 1.87 bits per heavy atom. The third kappa shape index (κ3) is 5.90. The summed E-state index contributed by atoms with van der Waals surface area (Å²) < 4.78 is 43.5. The van der Waals surface area contributed by atoms with Gasteiger partial charge in [-0.25, -0.2) is 4.79 Å². The summed E-state index contributed by atoms with van der Waals surface area (Å²) >= 11 is 0. The summed E-state index contributed by atoms with van der Waals surface area (Å²) in [6, 6.07) is 11.9. The number of alkyl halides is 3. The lowest BCUT2D eigenvalue weighted by Crippen LogP contribution is -2.43. The average molecular weight is 435 g/mol. The molecule has 0 bridgehead atoms. The quantitative estimate of drug-likeness (QED) is 0.700. The topological polar surface area (TPSA) is 63.2 Å². The first kappa shape index (κ1) is 22.5. The minimum absolute atomic E-state index is 0.154. The van der Waals surface area contributed by atoms with Crippen LogP contribution in [0, 0.1) is 0 Å². The molecule has 2 amide bonds. The lowest BCUT2D eigenvalue weighted by atomic mass is 10.0. The molecule has 31 heavy (non-hydrogen) atoms. The molecule has 0 saturated carbocycles. The Kier molecular flexibility index (Phi) is 7.04. The molecule has 166 valence electrons. The molecule has 0 fully saturated rings. The van der Waals surface area contributed by atoms with E-state index < -0.39 is 11.7 Å². The summed E-state index contributed by atoms with van der Waals surface area (Å²) in [6.45, 7) is 2.63. The van der Waals surface area contributed by atoms with E-state index in [0.29, 0.717) is 18.5 Å². The normalized spacial score (nSPS) is 15.8. The van der Waals surface area contributed by atoms with Gasteiger partial charge in [0.15, 0.2) is 6.10 Å². The maximum atomic E-state index is 12.8.